The molecule has 5 nitrogen and oxygen atoms in total. The Hall–Kier alpha value is 1.66. The van der Waals surface area contributed by atoms with Gasteiger partial charge >= 0.3 is 0 Å². The van der Waals surface area contributed by atoms with Crippen molar-refractivity contribution >= 4 is 16.1 Å². The number of rotatable bonds is 4. The molecule has 16 unspecified atom stereocenters. The molecule has 9 heteroatoms. The first kappa shape index (κ1) is 67.7. The van der Waals surface area contributed by atoms with Crippen LogP contribution < -0.4 is 0 Å². The average Bonchev–Trinajstić information content (AvgIpc) is 3.37. The Bertz CT molecular complexity index is 954. The molecule has 0 aromatic rings. The van der Waals surface area contributed by atoms with E-state index in [1.54, 1.807) is 0 Å². The monoisotopic (exact) mass is 913 g/mol. The van der Waals surface area contributed by atoms with E-state index in [4.69, 9.17) is 10.2 Å². The summed E-state index contributed by atoms with van der Waals surface area (Å²) in [5, 5.41) is 36.8. The summed E-state index contributed by atoms with van der Waals surface area (Å²) in [6.45, 7) is 49.2. The largest absolute Gasteiger partial charge is 0.412 e. The van der Waals surface area contributed by atoms with Gasteiger partial charge < -0.3 is 40.8 Å². The number of hydrogen-bond acceptors (Lipinski definition) is 4. The quantitative estimate of drug-likeness (QED) is 0.166. The van der Waals surface area contributed by atoms with Crippen LogP contribution in [0.2, 0.25) is 48.4 Å². The minimum atomic E-state index is -1.55. The number of hydrogen-bond donors (Lipinski definition) is 4. The molecule has 0 radical (unpaired) electrons. The van der Waals surface area contributed by atoms with Crippen molar-refractivity contribution in [2.24, 2.45) is 81.8 Å². The average molecular weight is 913 g/mol. The third-order valence-electron chi connectivity index (χ3n) is 17.4. The molecular formula is C48H104O5Si2Ti2-2. The zero-order valence-corrected chi connectivity index (χ0v) is 47.6. The fourth-order valence-corrected chi connectivity index (χ4v) is 25.5. The Morgan fingerprint density at radius 2 is 0.596 bits per heavy atom. The van der Waals surface area contributed by atoms with Crippen LogP contribution in [0.5, 0.6) is 0 Å². The van der Waals surface area contributed by atoms with Crippen molar-refractivity contribution < 1.29 is 69.3 Å². The van der Waals surface area contributed by atoms with Gasteiger partial charge in [0.25, 0.3) is 0 Å². The van der Waals surface area contributed by atoms with E-state index in [1.807, 2.05) is 0 Å². The van der Waals surface area contributed by atoms with Gasteiger partial charge in [-0.15, -0.1) is 0 Å². The molecule has 6 N–H and O–H groups in total. The third-order valence-corrected chi connectivity index (χ3v) is 27.9. The Labute approximate surface area is 390 Å². The molecule has 0 saturated heterocycles. The molecule has 4 saturated carbocycles. The fourth-order valence-electron chi connectivity index (χ4n) is 13.7. The van der Waals surface area contributed by atoms with Gasteiger partial charge in [0, 0.05) is 57.7 Å². The van der Waals surface area contributed by atoms with E-state index in [0.29, 0.717) is 22.9 Å². The summed E-state index contributed by atoms with van der Waals surface area (Å²) in [6, 6.07) is 0. The summed E-state index contributed by atoms with van der Waals surface area (Å²) in [7, 11) is -1.11. The molecule has 0 spiro atoms. The SMILES string of the molecule is CC1CC(C(C)(C)C)C(O)C([Si](C)(C)C2C(C)C(C)C(C)C2C)C1.CC1CC(C(C)(C)C)C(O)C([Si](C)(C)C2C(C)C(C)C(C)C2C)C1.CO.CO.O.[CH3-].[CH3-].[Ti].[Ti]. The van der Waals surface area contributed by atoms with Crippen LogP contribution in [0.25, 0.3) is 0 Å². The van der Waals surface area contributed by atoms with Gasteiger partial charge in [-0.25, -0.2) is 0 Å². The van der Waals surface area contributed by atoms with Crippen molar-refractivity contribution in [2.75, 3.05) is 14.2 Å². The topological polar surface area (TPSA) is 112 Å². The summed E-state index contributed by atoms with van der Waals surface area (Å²) < 4.78 is 0. The molecule has 0 bridgehead atoms. The van der Waals surface area contributed by atoms with E-state index >= 15 is 0 Å². The third kappa shape index (κ3) is 14.9. The maximum absolute atomic E-state index is 11.4. The van der Waals surface area contributed by atoms with E-state index in [0.717, 1.165) is 84.5 Å². The van der Waals surface area contributed by atoms with Gasteiger partial charge in [-0.2, -0.15) is 0 Å². The minimum Gasteiger partial charge on any atom is -0.412 e. The Morgan fingerprint density at radius 1 is 0.404 bits per heavy atom. The van der Waals surface area contributed by atoms with Gasteiger partial charge in [-0.1, -0.05) is 137 Å². The predicted molar refractivity (Wildman–Crippen MR) is 251 cm³/mol. The molecule has 4 aliphatic rings. The summed E-state index contributed by atoms with van der Waals surface area (Å²) in [5.41, 5.74) is 3.27. The van der Waals surface area contributed by atoms with Crippen LogP contribution in [0.3, 0.4) is 0 Å². The van der Waals surface area contributed by atoms with Crippen LogP contribution in [0.1, 0.15) is 136 Å². The summed E-state index contributed by atoms with van der Waals surface area (Å²) in [5.74, 6) is 9.00. The van der Waals surface area contributed by atoms with E-state index in [9.17, 15) is 10.2 Å². The molecular weight excluding hydrogens is 808 g/mol. The van der Waals surface area contributed by atoms with E-state index in [2.05, 4.69) is 137 Å². The second-order valence-electron chi connectivity index (χ2n) is 22.9. The number of aliphatic hydroxyl groups is 4. The zero-order chi connectivity index (χ0) is 41.2. The van der Waals surface area contributed by atoms with Crippen LogP contribution >= 0.6 is 0 Å². The Balaban J connectivity index is -0.000000269. The predicted octanol–water partition coefficient (Wildman–Crippen LogP) is 12.2. The van der Waals surface area contributed by atoms with Gasteiger partial charge in [0.05, 0.1) is 28.4 Å². The van der Waals surface area contributed by atoms with Gasteiger partial charge in [-0.05, 0) is 130 Å². The Morgan fingerprint density at radius 3 is 0.772 bits per heavy atom. The van der Waals surface area contributed by atoms with Crippen LogP contribution in [-0.2, 0) is 43.4 Å². The molecule has 57 heavy (non-hydrogen) atoms. The van der Waals surface area contributed by atoms with Crippen molar-refractivity contribution in [1.82, 2.24) is 0 Å². The molecule has 0 amide bonds. The maximum Gasteiger partial charge on any atom is 0.0578 e. The number of aliphatic hydroxyl groups excluding tert-OH is 4. The maximum atomic E-state index is 11.4. The smallest absolute Gasteiger partial charge is 0.0578 e. The molecule has 4 aliphatic carbocycles. The van der Waals surface area contributed by atoms with Crippen molar-refractivity contribution in [1.29, 1.82) is 0 Å². The van der Waals surface area contributed by atoms with Gasteiger partial charge in [0.15, 0.2) is 0 Å². The Kier molecular flexibility index (Phi) is 31.4. The molecule has 16 atom stereocenters. The fraction of sp³-hybridized carbons (Fsp3) is 0.958. The molecule has 0 aromatic carbocycles. The van der Waals surface area contributed by atoms with Crippen LogP contribution in [0, 0.1) is 96.7 Å². The normalized spacial score (nSPS) is 40.5. The van der Waals surface area contributed by atoms with E-state index in [-0.39, 0.29) is 86.8 Å². The molecule has 0 heterocycles. The second-order valence-corrected chi connectivity index (χ2v) is 33.0. The van der Waals surface area contributed by atoms with Gasteiger partial charge in [-0.3, -0.25) is 0 Å². The molecule has 344 valence electrons. The first-order valence-electron chi connectivity index (χ1n) is 21.8. The minimum absolute atomic E-state index is 0. The summed E-state index contributed by atoms with van der Waals surface area (Å²) in [6.07, 6.45) is 4.74. The first-order valence-corrected chi connectivity index (χ1v) is 28.2. The summed E-state index contributed by atoms with van der Waals surface area (Å²) in [4.78, 5) is 0. The molecule has 4 fully saturated rings. The first-order chi connectivity index (χ1) is 23.6. The van der Waals surface area contributed by atoms with E-state index < -0.39 is 16.1 Å². The van der Waals surface area contributed by atoms with Crippen LogP contribution in [0.4, 0.5) is 0 Å². The van der Waals surface area contributed by atoms with Crippen molar-refractivity contribution in [3.05, 3.63) is 14.9 Å². The van der Waals surface area contributed by atoms with Crippen LogP contribution in [-0.4, -0.2) is 68.5 Å². The zero-order valence-electron chi connectivity index (χ0n) is 42.5. The van der Waals surface area contributed by atoms with Gasteiger partial charge in [0.2, 0.25) is 0 Å². The van der Waals surface area contributed by atoms with Gasteiger partial charge in [0.1, 0.15) is 0 Å². The van der Waals surface area contributed by atoms with Crippen molar-refractivity contribution in [3.63, 3.8) is 0 Å². The van der Waals surface area contributed by atoms with Crippen molar-refractivity contribution in [2.45, 2.75) is 197 Å². The van der Waals surface area contributed by atoms with Crippen molar-refractivity contribution in [3.8, 4) is 0 Å². The molecule has 0 aromatic heterocycles. The van der Waals surface area contributed by atoms with E-state index in [1.165, 1.54) is 25.7 Å². The second kappa shape index (κ2) is 26.4. The summed E-state index contributed by atoms with van der Waals surface area (Å²) >= 11 is 0. The standard InChI is InChI=1S/2C22H44OSi.2CH4O.2CH3.H2O.2Ti/c2*1-13-11-18(22(6,7)8)20(23)19(12-13)24(9,10)21-16(4)14(2)15(3)17(21)5;2*1-2;;;;;/h2*13-21,23H,11-12H2,1-10H3;2*2H,1H3;2*1H3;1H2;;/q;;;;2*-1;;;. The molecule has 4 rings (SSSR count). The van der Waals surface area contributed by atoms with Crippen LogP contribution in [0.15, 0.2) is 0 Å². The molecule has 0 aliphatic heterocycles.